The van der Waals surface area contributed by atoms with Crippen LogP contribution in [0.5, 0.6) is 0 Å². The van der Waals surface area contributed by atoms with Crippen molar-refractivity contribution in [2.45, 2.75) is 52.1 Å². The van der Waals surface area contributed by atoms with Crippen molar-refractivity contribution in [2.24, 2.45) is 0 Å². The highest BCUT2D eigenvalue weighted by atomic mass is 127. The molecule has 0 atom stereocenters. The Morgan fingerprint density at radius 2 is 1.83 bits per heavy atom. The van der Waals surface area contributed by atoms with E-state index in [-0.39, 0.29) is 0 Å². The Bertz CT molecular complexity index is 400. The molecule has 0 saturated carbocycles. The molecule has 3 nitrogen and oxygen atoms in total. The molecule has 0 aliphatic heterocycles. The third kappa shape index (κ3) is 3.14. The first kappa shape index (κ1) is 16.1. The normalized spacial score (nSPS) is 11.9. The van der Waals surface area contributed by atoms with Gasteiger partial charge in [0.1, 0.15) is 10.8 Å². The van der Waals surface area contributed by atoms with Crippen molar-refractivity contribution in [2.75, 3.05) is 7.11 Å². The predicted octanol–water partition coefficient (Wildman–Crippen LogP) is 4.35. The highest BCUT2D eigenvalue weighted by molar-refractivity contribution is 14.1. The number of aryl methyl sites for hydroxylation is 1. The topological polar surface area (TPSA) is 35.0 Å². The molecule has 0 saturated heterocycles. The number of hydrogen-bond acceptors (Lipinski definition) is 3. The molecule has 102 valence electrons. The molecule has 1 heterocycles. The maximum absolute atomic E-state index is 6.22. The Labute approximate surface area is 128 Å². The van der Waals surface area contributed by atoms with Crippen molar-refractivity contribution in [3.63, 3.8) is 0 Å². The second-order valence-electron chi connectivity index (χ2n) is 4.25. The number of ether oxygens (including phenoxy) is 1. The monoisotopic (exact) mass is 382 g/mol. The standard InChI is InChI=1S/C13H20ClIN2O/c1-5-8-9-10(15)11(14)17-12(16-9)13(6-2,7-3)18-4/h5-8H2,1-4H3. The first-order valence-electron chi connectivity index (χ1n) is 6.32. The Morgan fingerprint density at radius 3 is 2.28 bits per heavy atom. The minimum absolute atomic E-state index is 0.420. The lowest BCUT2D eigenvalue weighted by Gasteiger charge is -2.29. The maximum Gasteiger partial charge on any atom is 0.162 e. The van der Waals surface area contributed by atoms with Crippen molar-refractivity contribution in [1.29, 1.82) is 0 Å². The number of rotatable bonds is 6. The van der Waals surface area contributed by atoms with E-state index in [0.717, 1.165) is 34.9 Å². The lowest BCUT2D eigenvalue weighted by atomic mass is 9.96. The summed E-state index contributed by atoms with van der Waals surface area (Å²) in [6.07, 6.45) is 3.63. The summed E-state index contributed by atoms with van der Waals surface area (Å²) >= 11 is 8.43. The molecule has 0 spiro atoms. The number of aromatic nitrogens is 2. The van der Waals surface area contributed by atoms with Gasteiger partial charge in [-0.15, -0.1) is 0 Å². The van der Waals surface area contributed by atoms with Gasteiger partial charge in [-0.3, -0.25) is 0 Å². The summed E-state index contributed by atoms with van der Waals surface area (Å²) in [5.74, 6) is 0.712. The molecule has 0 aliphatic rings. The molecule has 0 aliphatic carbocycles. The van der Waals surface area contributed by atoms with E-state index < -0.39 is 5.60 Å². The van der Waals surface area contributed by atoms with Crippen molar-refractivity contribution in [3.05, 3.63) is 20.2 Å². The second kappa shape index (κ2) is 7.01. The van der Waals surface area contributed by atoms with Crippen LogP contribution in [0.25, 0.3) is 0 Å². The van der Waals surface area contributed by atoms with Crippen LogP contribution in [0.15, 0.2) is 0 Å². The summed E-state index contributed by atoms with van der Waals surface area (Å²) in [6, 6.07) is 0. The van der Waals surface area contributed by atoms with E-state index in [1.165, 1.54) is 0 Å². The van der Waals surface area contributed by atoms with Crippen molar-refractivity contribution in [3.8, 4) is 0 Å². The average Bonchev–Trinajstić information content (AvgIpc) is 2.38. The molecule has 1 rings (SSSR count). The molecule has 0 fully saturated rings. The van der Waals surface area contributed by atoms with Crippen LogP contribution in [0, 0.1) is 3.57 Å². The molecule has 0 aromatic carbocycles. The molecule has 0 unspecified atom stereocenters. The molecule has 0 radical (unpaired) electrons. The summed E-state index contributed by atoms with van der Waals surface area (Å²) in [6.45, 7) is 6.30. The molecule has 0 amide bonds. The van der Waals surface area contributed by atoms with Crippen LogP contribution in [-0.2, 0) is 16.8 Å². The molecule has 5 heteroatoms. The van der Waals surface area contributed by atoms with E-state index in [1.807, 2.05) is 0 Å². The van der Waals surface area contributed by atoms with Gasteiger partial charge in [-0.2, -0.15) is 0 Å². The number of nitrogens with zero attached hydrogens (tertiary/aromatic N) is 2. The molecule has 1 aromatic heterocycles. The molecule has 0 bridgehead atoms. The molecule has 1 aromatic rings. The first-order valence-corrected chi connectivity index (χ1v) is 7.77. The third-order valence-corrected chi connectivity index (χ3v) is 5.03. The van der Waals surface area contributed by atoms with E-state index in [9.17, 15) is 0 Å². The molecular weight excluding hydrogens is 363 g/mol. The largest absolute Gasteiger partial charge is 0.370 e. The minimum Gasteiger partial charge on any atom is -0.370 e. The predicted molar refractivity (Wildman–Crippen MR) is 83.0 cm³/mol. The van der Waals surface area contributed by atoms with E-state index in [2.05, 4.69) is 53.3 Å². The van der Waals surface area contributed by atoms with E-state index >= 15 is 0 Å². The van der Waals surface area contributed by atoms with E-state index in [0.29, 0.717) is 11.0 Å². The van der Waals surface area contributed by atoms with Crippen LogP contribution in [0.4, 0.5) is 0 Å². The highest BCUT2D eigenvalue weighted by Gasteiger charge is 2.32. The van der Waals surface area contributed by atoms with Crippen molar-refractivity contribution >= 4 is 34.2 Å². The van der Waals surface area contributed by atoms with Gasteiger partial charge in [0.05, 0.1) is 9.26 Å². The lowest BCUT2D eigenvalue weighted by Crippen LogP contribution is -2.30. The summed E-state index contributed by atoms with van der Waals surface area (Å²) < 4.78 is 6.62. The fourth-order valence-electron chi connectivity index (χ4n) is 2.02. The van der Waals surface area contributed by atoms with Crippen LogP contribution in [0.3, 0.4) is 0 Å². The number of methoxy groups -OCH3 is 1. The van der Waals surface area contributed by atoms with Crippen molar-refractivity contribution in [1.82, 2.24) is 9.97 Å². The summed E-state index contributed by atoms with van der Waals surface area (Å²) in [5, 5.41) is 0.535. The minimum atomic E-state index is -0.420. The Balaban J connectivity index is 3.32. The van der Waals surface area contributed by atoms with Gasteiger partial charge >= 0.3 is 0 Å². The zero-order valence-corrected chi connectivity index (χ0v) is 14.3. The quantitative estimate of drug-likeness (QED) is 0.542. The smallest absolute Gasteiger partial charge is 0.162 e. The number of hydrogen-bond donors (Lipinski definition) is 0. The van der Waals surface area contributed by atoms with Gasteiger partial charge in [-0.25, -0.2) is 9.97 Å². The molecular formula is C13H20ClIN2O. The Kier molecular flexibility index (Phi) is 6.27. The lowest BCUT2D eigenvalue weighted by molar-refractivity contribution is -0.0293. The summed E-state index contributed by atoms with van der Waals surface area (Å²) in [7, 11) is 1.71. The van der Waals surface area contributed by atoms with Crippen LogP contribution in [-0.4, -0.2) is 17.1 Å². The first-order chi connectivity index (χ1) is 8.54. The summed E-state index contributed by atoms with van der Waals surface area (Å²) in [4.78, 5) is 9.10. The van der Waals surface area contributed by atoms with Gasteiger partial charge in [-0.05, 0) is 41.9 Å². The average molecular weight is 383 g/mol. The Morgan fingerprint density at radius 1 is 1.22 bits per heavy atom. The maximum atomic E-state index is 6.22. The van der Waals surface area contributed by atoms with Gasteiger partial charge in [0.15, 0.2) is 5.82 Å². The van der Waals surface area contributed by atoms with E-state index in [1.54, 1.807) is 7.11 Å². The van der Waals surface area contributed by atoms with E-state index in [4.69, 9.17) is 16.3 Å². The highest BCUT2D eigenvalue weighted by Crippen LogP contribution is 2.32. The van der Waals surface area contributed by atoms with Gasteiger partial charge in [0.25, 0.3) is 0 Å². The fourth-order valence-corrected chi connectivity index (χ4v) is 2.72. The van der Waals surface area contributed by atoms with Gasteiger partial charge in [-0.1, -0.05) is 38.8 Å². The summed E-state index contributed by atoms with van der Waals surface area (Å²) in [5.41, 5.74) is 0.604. The van der Waals surface area contributed by atoms with Gasteiger partial charge in [0, 0.05) is 7.11 Å². The zero-order chi connectivity index (χ0) is 13.8. The zero-order valence-electron chi connectivity index (χ0n) is 11.4. The van der Waals surface area contributed by atoms with Crippen LogP contribution in [0.1, 0.15) is 51.6 Å². The van der Waals surface area contributed by atoms with Crippen LogP contribution >= 0.6 is 34.2 Å². The number of halogens is 2. The molecule has 0 N–H and O–H groups in total. The SMILES string of the molecule is CCCc1nc(C(CC)(CC)OC)nc(Cl)c1I. The van der Waals surface area contributed by atoms with Gasteiger partial charge in [0.2, 0.25) is 0 Å². The Hall–Kier alpha value is 0.0600. The second-order valence-corrected chi connectivity index (χ2v) is 5.69. The fraction of sp³-hybridized carbons (Fsp3) is 0.692. The molecule has 18 heavy (non-hydrogen) atoms. The third-order valence-electron chi connectivity index (χ3n) is 3.31. The van der Waals surface area contributed by atoms with Gasteiger partial charge < -0.3 is 4.74 Å². The van der Waals surface area contributed by atoms with Crippen LogP contribution < -0.4 is 0 Å². The van der Waals surface area contributed by atoms with Crippen molar-refractivity contribution < 1.29 is 4.74 Å². The van der Waals surface area contributed by atoms with Crippen LogP contribution in [0.2, 0.25) is 5.15 Å².